The second-order valence-electron chi connectivity index (χ2n) is 3.44. The lowest BCUT2D eigenvalue weighted by molar-refractivity contribution is -0.149. The van der Waals surface area contributed by atoms with Crippen molar-refractivity contribution in [3.8, 4) is 0 Å². The van der Waals surface area contributed by atoms with Gasteiger partial charge in [0.1, 0.15) is 0 Å². The molecule has 0 aliphatic rings. The van der Waals surface area contributed by atoms with Crippen molar-refractivity contribution in [2.75, 3.05) is 0 Å². The standard InChI is InChI=1S/C9H15NO3/c1-5(2)7(11)9(10,6(3)4)8(12)13/h6H,1,10H2,2-4H3,(H,12,13). The minimum atomic E-state index is -1.84. The van der Waals surface area contributed by atoms with E-state index in [1.54, 1.807) is 13.8 Å². The number of carbonyl (C=O) groups excluding carboxylic acids is 1. The fourth-order valence-corrected chi connectivity index (χ4v) is 0.959. The van der Waals surface area contributed by atoms with Crippen molar-refractivity contribution in [2.45, 2.75) is 26.3 Å². The van der Waals surface area contributed by atoms with Crippen LogP contribution in [-0.2, 0) is 9.59 Å². The molecule has 0 rings (SSSR count). The molecule has 0 aliphatic carbocycles. The van der Waals surface area contributed by atoms with Gasteiger partial charge < -0.3 is 10.8 Å². The van der Waals surface area contributed by atoms with Gasteiger partial charge in [-0.2, -0.15) is 0 Å². The molecular formula is C9H15NO3. The summed E-state index contributed by atoms with van der Waals surface area (Å²) in [6, 6.07) is 0. The lowest BCUT2D eigenvalue weighted by Gasteiger charge is -2.27. The quantitative estimate of drug-likeness (QED) is 0.495. The van der Waals surface area contributed by atoms with Crippen LogP contribution in [0.5, 0.6) is 0 Å². The SMILES string of the molecule is C=C(C)C(=O)C(N)(C(=O)O)C(C)C. The first kappa shape index (κ1) is 11.8. The van der Waals surface area contributed by atoms with Crippen molar-refractivity contribution >= 4 is 11.8 Å². The molecule has 3 N–H and O–H groups in total. The number of aliphatic carboxylic acids is 1. The molecule has 4 heteroatoms. The summed E-state index contributed by atoms with van der Waals surface area (Å²) in [7, 11) is 0. The molecule has 4 nitrogen and oxygen atoms in total. The number of carboxylic acids is 1. The Morgan fingerprint density at radius 3 is 1.92 bits per heavy atom. The Hall–Kier alpha value is -1.16. The summed E-state index contributed by atoms with van der Waals surface area (Å²) in [4.78, 5) is 22.3. The van der Waals surface area contributed by atoms with Crippen LogP contribution in [0.4, 0.5) is 0 Å². The molecule has 13 heavy (non-hydrogen) atoms. The molecule has 0 spiro atoms. The monoisotopic (exact) mass is 185 g/mol. The topological polar surface area (TPSA) is 80.4 Å². The van der Waals surface area contributed by atoms with Gasteiger partial charge in [-0.1, -0.05) is 20.4 Å². The number of hydrogen-bond acceptors (Lipinski definition) is 3. The second-order valence-corrected chi connectivity index (χ2v) is 3.44. The molecule has 0 aliphatic heterocycles. The van der Waals surface area contributed by atoms with Crippen LogP contribution in [0.3, 0.4) is 0 Å². The molecule has 0 aromatic rings. The molecule has 1 unspecified atom stereocenters. The Labute approximate surface area is 77.4 Å². The van der Waals surface area contributed by atoms with Gasteiger partial charge in [-0.15, -0.1) is 0 Å². The van der Waals surface area contributed by atoms with Crippen molar-refractivity contribution in [1.82, 2.24) is 0 Å². The lowest BCUT2D eigenvalue weighted by Crippen LogP contribution is -2.59. The van der Waals surface area contributed by atoms with Gasteiger partial charge in [0.2, 0.25) is 0 Å². The highest BCUT2D eigenvalue weighted by Gasteiger charge is 2.44. The van der Waals surface area contributed by atoms with Gasteiger partial charge in [0.25, 0.3) is 0 Å². The predicted octanol–water partition coefficient (Wildman–Crippen LogP) is 0.570. The average Bonchev–Trinajstić information content (AvgIpc) is 2.00. The molecule has 0 bridgehead atoms. The van der Waals surface area contributed by atoms with Crippen LogP contribution in [-0.4, -0.2) is 22.4 Å². The number of nitrogens with two attached hydrogens (primary N) is 1. The number of carboxylic acid groups (broad SMARTS) is 1. The van der Waals surface area contributed by atoms with E-state index in [1.807, 2.05) is 0 Å². The average molecular weight is 185 g/mol. The molecule has 0 radical (unpaired) electrons. The Balaban J connectivity index is 5.14. The van der Waals surface area contributed by atoms with E-state index < -0.39 is 23.2 Å². The van der Waals surface area contributed by atoms with Crippen LogP contribution in [0.15, 0.2) is 12.2 Å². The van der Waals surface area contributed by atoms with Gasteiger partial charge in [-0.05, 0) is 18.4 Å². The summed E-state index contributed by atoms with van der Waals surface area (Å²) in [5, 5.41) is 8.84. The zero-order valence-electron chi connectivity index (χ0n) is 8.13. The highest BCUT2D eigenvalue weighted by atomic mass is 16.4. The lowest BCUT2D eigenvalue weighted by atomic mass is 9.81. The minimum Gasteiger partial charge on any atom is -0.480 e. The molecule has 0 aromatic heterocycles. The van der Waals surface area contributed by atoms with Gasteiger partial charge in [0, 0.05) is 0 Å². The maximum atomic E-state index is 11.4. The third-order valence-electron chi connectivity index (χ3n) is 2.03. The first-order valence-electron chi connectivity index (χ1n) is 3.97. The summed E-state index contributed by atoms with van der Waals surface area (Å²) in [6.07, 6.45) is 0. The first-order valence-corrected chi connectivity index (χ1v) is 3.97. The van der Waals surface area contributed by atoms with E-state index >= 15 is 0 Å². The normalized spacial score (nSPS) is 15.2. The zero-order chi connectivity index (χ0) is 10.8. The molecule has 0 amide bonds. The van der Waals surface area contributed by atoms with Gasteiger partial charge in [0.15, 0.2) is 11.3 Å². The molecule has 74 valence electrons. The van der Waals surface area contributed by atoms with Crippen LogP contribution in [0, 0.1) is 5.92 Å². The van der Waals surface area contributed by atoms with Crippen molar-refractivity contribution in [3.05, 3.63) is 12.2 Å². The van der Waals surface area contributed by atoms with Gasteiger partial charge in [0.05, 0.1) is 0 Å². The van der Waals surface area contributed by atoms with E-state index in [0.29, 0.717) is 0 Å². The summed E-state index contributed by atoms with van der Waals surface area (Å²) in [6.45, 7) is 8.03. The van der Waals surface area contributed by atoms with Gasteiger partial charge >= 0.3 is 5.97 Å². The van der Waals surface area contributed by atoms with E-state index in [-0.39, 0.29) is 5.57 Å². The number of rotatable bonds is 4. The Kier molecular flexibility index (Phi) is 3.37. The second kappa shape index (κ2) is 3.70. The zero-order valence-corrected chi connectivity index (χ0v) is 8.13. The fraction of sp³-hybridized carbons (Fsp3) is 0.556. The number of carbonyl (C=O) groups is 2. The highest BCUT2D eigenvalue weighted by Crippen LogP contribution is 2.18. The van der Waals surface area contributed by atoms with Crippen LogP contribution in [0.25, 0.3) is 0 Å². The summed E-state index contributed by atoms with van der Waals surface area (Å²) >= 11 is 0. The molecule has 0 heterocycles. The van der Waals surface area contributed by atoms with Crippen LogP contribution in [0.1, 0.15) is 20.8 Å². The Bertz CT molecular complexity index is 258. The number of Topliss-reactive ketones (excluding diaryl/α,β-unsaturated/α-hetero) is 1. The minimum absolute atomic E-state index is 0.165. The van der Waals surface area contributed by atoms with E-state index in [0.717, 1.165) is 0 Å². The molecule has 0 saturated heterocycles. The largest absolute Gasteiger partial charge is 0.480 e. The van der Waals surface area contributed by atoms with E-state index in [1.165, 1.54) is 6.92 Å². The van der Waals surface area contributed by atoms with Gasteiger partial charge in [-0.3, -0.25) is 4.79 Å². The van der Waals surface area contributed by atoms with Gasteiger partial charge in [-0.25, -0.2) is 4.79 Å². The highest BCUT2D eigenvalue weighted by molar-refractivity contribution is 6.15. The van der Waals surface area contributed by atoms with Crippen molar-refractivity contribution in [3.63, 3.8) is 0 Å². The first-order chi connectivity index (χ1) is 5.74. The molecule has 0 fully saturated rings. The Morgan fingerprint density at radius 2 is 1.85 bits per heavy atom. The molecule has 1 atom stereocenters. The Morgan fingerprint density at radius 1 is 1.46 bits per heavy atom. The summed E-state index contributed by atoms with van der Waals surface area (Å²) < 4.78 is 0. The molecule has 0 aromatic carbocycles. The van der Waals surface area contributed by atoms with E-state index in [9.17, 15) is 9.59 Å². The number of hydrogen-bond donors (Lipinski definition) is 2. The maximum Gasteiger partial charge on any atom is 0.332 e. The van der Waals surface area contributed by atoms with E-state index in [2.05, 4.69) is 6.58 Å². The van der Waals surface area contributed by atoms with Crippen molar-refractivity contribution in [2.24, 2.45) is 11.7 Å². The number of ketones is 1. The maximum absolute atomic E-state index is 11.4. The predicted molar refractivity (Wildman–Crippen MR) is 49.2 cm³/mol. The fourth-order valence-electron chi connectivity index (χ4n) is 0.959. The third kappa shape index (κ3) is 1.95. The molecular weight excluding hydrogens is 170 g/mol. The summed E-state index contributed by atoms with van der Waals surface area (Å²) in [5.74, 6) is -2.39. The molecule has 0 saturated carbocycles. The van der Waals surface area contributed by atoms with Crippen molar-refractivity contribution < 1.29 is 14.7 Å². The van der Waals surface area contributed by atoms with Crippen LogP contribution in [0.2, 0.25) is 0 Å². The smallest absolute Gasteiger partial charge is 0.332 e. The van der Waals surface area contributed by atoms with Crippen LogP contribution >= 0.6 is 0 Å². The third-order valence-corrected chi connectivity index (χ3v) is 2.03. The van der Waals surface area contributed by atoms with E-state index in [4.69, 9.17) is 10.8 Å². The van der Waals surface area contributed by atoms with Crippen molar-refractivity contribution in [1.29, 1.82) is 0 Å². The summed E-state index contributed by atoms with van der Waals surface area (Å²) in [5.41, 5.74) is 3.84. The van der Waals surface area contributed by atoms with Crippen LogP contribution < -0.4 is 5.73 Å².